The molecule has 0 aliphatic carbocycles. The summed E-state index contributed by atoms with van der Waals surface area (Å²) in [6.07, 6.45) is 1.56. The molecule has 0 aliphatic rings. The van der Waals surface area contributed by atoms with Gasteiger partial charge in [-0.1, -0.05) is 65.3 Å². The Morgan fingerprint density at radius 1 is 0.960 bits per heavy atom. The normalized spacial score (nSPS) is 11.0. The van der Waals surface area contributed by atoms with E-state index in [0.717, 1.165) is 29.1 Å². The average Bonchev–Trinajstić information content (AvgIpc) is 3.07. The summed E-state index contributed by atoms with van der Waals surface area (Å²) in [6, 6.07) is 18.4. The van der Waals surface area contributed by atoms with E-state index in [1.165, 1.54) is 11.1 Å². The summed E-state index contributed by atoms with van der Waals surface area (Å²) in [6.45, 7) is 2.79. The molecule has 5 heteroatoms. The van der Waals surface area contributed by atoms with E-state index >= 15 is 0 Å². The predicted octanol–water partition coefficient (Wildman–Crippen LogP) is 4.23. The minimum atomic E-state index is 0.608. The number of aromatic nitrogens is 3. The summed E-state index contributed by atoms with van der Waals surface area (Å²) >= 11 is 0. The van der Waals surface area contributed by atoms with Crippen LogP contribution in [0.25, 0.3) is 22.4 Å². The Bertz CT molecular complexity index is 993. The quantitative estimate of drug-likeness (QED) is 0.560. The van der Waals surface area contributed by atoms with E-state index in [-0.39, 0.29) is 0 Å². The summed E-state index contributed by atoms with van der Waals surface area (Å²) in [7, 11) is 1.99. The molecule has 2 aromatic heterocycles. The number of aryl methyl sites for hydroxylation is 1. The predicted molar refractivity (Wildman–Crippen MR) is 98.3 cm³/mol. The number of hydrogen-bond donors (Lipinski definition) is 0. The molecule has 0 fully saturated rings. The highest BCUT2D eigenvalue weighted by Gasteiger charge is 2.18. The van der Waals surface area contributed by atoms with Gasteiger partial charge in [0.15, 0.2) is 5.82 Å². The average molecular weight is 330 g/mol. The Kier molecular flexibility index (Phi) is 3.90. The van der Waals surface area contributed by atoms with Crippen LogP contribution in [0.4, 0.5) is 5.82 Å². The van der Waals surface area contributed by atoms with Gasteiger partial charge >= 0.3 is 0 Å². The second kappa shape index (κ2) is 6.36. The molecule has 0 spiro atoms. The van der Waals surface area contributed by atoms with Gasteiger partial charge in [-0.3, -0.25) is 0 Å². The number of fused-ring (bicyclic) bond motifs is 1. The van der Waals surface area contributed by atoms with Crippen molar-refractivity contribution in [3.63, 3.8) is 0 Å². The van der Waals surface area contributed by atoms with Gasteiger partial charge in [-0.05, 0) is 12.5 Å². The Balaban J connectivity index is 1.72. The zero-order valence-corrected chi connectivity index (χ0v) is 14.2. The van der Waals surface area contributed by atoms with Gasteiger partial charge in [0.25, 0.3) is 0 Å². The second-order valence-electron chi connectivity index (χ2n) is 6.11. The largest absolute Gasteiger partial charge is 0.352 e. The van der Waals surface area contributed by atoms with E-state index in [1.54, 1.807) is 6.33 Å². The number of rotatable bonds is 4. The van der Waals surface area contributed by atoms with Crippen LogP contribution in [0.1, 0.15) is 11.1 Å². The molecule has 0 saturated heterocycles. The molecule has 0 N–H and O–H groups in total. The van der Waals surface area contributed by atoms with Crippen LogP contribution < -0.4 is 4.90 Å². The van der Waals surface area contributed by atoms with Crippen LogP contribution in [0.5, 0.6) is 0 Å². The van der Waals surface area contributed by atoms with Crippen molar-refractivity contribution in [2.45, 2.75) is 13.5 Å². The molecule has 0 aliphatic heterocycles. The monoisotopic (exact) mass is 330 g/mol. The summed E-state index contributed by atoms with van der Waals surface area (Å²) in [5.41, 5.74) is 5.47. The van der Waals surface area contributed by atoms with Crippen molar-refractivity contribution in [3.8, 4) is 11.3 Å². The fourth-order valence-corrected chi connectivity index (χ4v) is 2.86. The first kappa shape index (κ1) is 15.3. The van der Waals surface area contributed by atoms with Crippen LogP contribution in [-0.4, -0.2) is 22.2 Å². The first-order valence-electron chi connectivity index (χ1n) is 8.15. The molecule has 0 bridgehead atoms. The molecule has 0 atom stereocenters. The van der Waals surface area contributed by atoms with Crippen LogP contribution in [0, 0.1) is 6.92 Å². The number of benzene rings is 2. The minimum Gasteiger partial charge on any atom is -0.352 e. The SMILES string of the molecule is Cc1ccc(-c2noc3c(N(C)Cc4ccccc4)ncnc23)cc1. The van der Waals surface area contributed by atoms with Gasteiger partial charge < -0.3 is 9.42 Å². The molecule has 0 amide bonds. The summed E-state index contributed by atoms with van der Waals surface area (Å²) in [5.74, 6) is 0.736. The summed E-state index contributed by atoms with van der Waals surface area (Å²) in [4.78, 5) is 10.8. The van der Waals surface area contributed by atoms with Crippen molar-refractivity contribution >= 4 is 16.9 Å². The molecule has 0 saturated carbocycles. The lowest BCUT2D eigenvalue weighted by atomic mass is 10.1. The fourth-order valence-electron chi connectivity index (χ4n) is 2.86. The van der Waals surface area contributed by atoms with Crippen molar-refractivity contribution in [1.29, 1.82) is 0 Å². The van der Waals surface area contributed by atoms with Crippen LogP contribution in [0.2, 0.25) is 0 Å². The molecular formula is C20H18N4O. The van der Waals surface area contributed by atoms with Gasteiger partial charge in [0.2, 0.25) is 5.58 Å². The Hall–Kier alpha value is -3.21. The minimum absolute atomic E-state index is 0.608. The standard InChI is InChI=1S/C20H18N4O/c1-14-8-10-16(11-9-14)17-18-19(25-23-17)20(22-13-21-18)24(2)12-15-6-4-3-5-7-15/h3-11,13H,12H2,1-2H3. The number of nitrogens with zero attached hydrogens (tertiary/aromatic N) is 4. The molecule has 124 valence electrons. The first-order chi connectivity index (χ1) is 12.2. The molecule has 0 radical (unpaired) electrons. The van der Waals surface area contributed by atoms with E-state index in [1.807, 2.05) is 42.3 Å². The van der Waals surface area contributed by atoms with Crippen LogP contribution in [0.15, 0.2) is 65.4 Å². The van der Waals surface area contributed by atoms with E-state index in [0.29, 0.717) is 5.58 Å². The zero-order valence-electron chi connectivity index (χ0n) is 14.2. The molecule has 25 heavy (non-hydrogen) atoms. The molecular weight excluding hydrogens is 312 g/mol. The molecule has 0 unspecified atom stereocenters. The van der Waals surface area contributed by atoms with E-state index < -0.39 is 0 Å². The number of hydrogen-bond acceptors (Lipinski definition) is 5. The van der Waals surface area contributed by atoms with Gasteiger partial charge in [-0.15, -0.1) is 0 Å². The maximum absolute atomic E-state index is 5.61. The van der Waals surface area contributed by atoms with E-state index in [2.05, 4.69) is 46.3 Å². The van der Waals surface area contributed by atoms with E-state index in [9.17, 15) is 0 Å². The third-order valence-corrected chi connectivity index (χ3v) is 4.19. The Labute approximate surface area is 145 Å². The van der Waals surface area contributed by atoms with Gasteiger partial charge in [0, 0.05) is 19.2 Å². The van der Waals surface area contributed by atoms with Gasteiger partial charge in [0.1, 0.15) is 17.5 Å². The van der Waals surface area contributed by atoms with Crippen molar-refractivity contribution in [1.82, 2.24) is 15.1 Å². The lowest BCUT2D eigenvalue weighted by Crippen LogP contribution is -2.17. The molecule has 2 aromatic carbocycles. The zero-order chi connectivity index (χ0) is 17.2. The van der Waals surface area contributed by atoms with Crippen LogP contribution >= 0.6 is 0 Å². The van der Waals surface area contributed by atoms with Gasteiger partial charge in [0.05, 0.1) is 0 Å². The highest BCUT2D eigenvalue weighted by molar-refractivity contribution is 5.93. The van der Waals surface area contributed by atoms with Gasteiger partial charge in [-0.25, -0.2) is 9.97 Å². The lowest BCUT2D eigenvalue weighted by Gasteiger charge is -2.17. The molecule has 5 nitrogen and oxygen atoms in total. The van der Waals surface area contributed by atoms with Crippen molar-refractivity contribution in [3.05, 3.63) is 72.1 Å². The first-order valence-corrected chi connectivity index (χ1v) is 8.15. The fraction of sp³-hybridized carbons (Fsp3) is 0.150. The highest BCUT2D eigenvalue weighted by atomic mass is 16.5. The molecule has 2 heterocycles. The Morgan fingerprint density at radius 3 is 2.48 bits per heavy atom. The van der Waals surface area contributed by atoms with Crippen molar-refractivity contribution in [2.75, 3.05) is 11.9 Å². The third-order valence-electron chi connectivity index (χ3n) is 4.19. The van der Waals surface area contributed by atoms with Crippen molar-refractivity contribution in [2.24, 2.45) is 0 Å². The molecule has 4 aromatic rings. The summed E-state index contributed by atoms with van der Waals surface area (Å²) in [5, 5.41) is 4.24. The lowest BCUT2D eigenvalue weighted by molar-refractivity contribution is 0.458. The van der Waals surface area contributed by atoms with Crippen LogP contribution in [-0.2, 0) is 6.54 Å². The smallest absolute Gasteiger partial charge is 0.228 e. The molecule has 4 rings (SSSR count). The maximum Gasteiger partial charge on any atom is 0.228 e. The topological polar surface area (TPSA) is 55.1 Å². The van der Waals surface area contributed by atoms with Crippen LogP contribution in [0.3, 0.4) is 0 Å². The maximum atomic E-state index is 5.61. The third kappa shape index (κ3) is 2.96. The second-order valence-corrected chi connectivity index (χ2v) is 6.11. The Morgan fingerprint density at radius 2 is 1.72 bits per heavy atom. The van der Waals surface area contributed by atoms with E-state index in [4.69, 9.17) is 4.52 Å². The highest BCUT2D eigenvalue weighted by Crippen LogP contribution is 2.31. The summed E-state index contributed by atoms with van der Waals surface area (Å²) < 4.78 is 5.61. The van der Waals surface area contributed by atoms with Crippen molar-refractivity contribution < 1.29 is 4.52 Å². The van der Waals surface area contributed by atoms with Gasteiger partial charge in [-0.2, -0.15) is 0 Å². The number of anilines is 1.